The highest BCUT2D eigenvalue weighted by Crippen LogP contribution is 2.45. The summed E-state index contributed by atoms with van der Waals surface area (Å²) in [6.45, 7) is 0. The van der Waals surface area contributed by atoms with Gasteiger partial charge in [-0.3, -0.25) is 9.78 Å². The Hall–Kier alpha value is -3.29. The number of fused-ring (bicyclic) bond motifs is 1. The molecule has 2 unspecified atom stereocenters. The van der Waals surface area contributed by atoms with Gasteiger partial charge in [-0.15, -0.1) is 0 Å². The number of methoxy groups -OCH3 is 1. The van der Waals surface area contributed by atoms with Gasteiger partial charge in [-0.2, -0.15) is 0 Å². The molecule has 166 valence electrons. The molecule has 1 N–H and O–H groups in total. The molecule has 2 atom stereocenters. The SMILES string of the molecule is COC(c1cccc(Br)c1)(c1ccc2c(c1)C(c1ccncc1)CC(=O)N2C)c1cnc[nH]1. The van der Waals surface area contributed by atoms with Crippen LogP contribution >= 0.6 is 15.9 Å². The molecular formula is C26H23BrN4O2. The second kappa shape index (κ2) is 8.57. The molecule has 0 saturated carbocycles. The largest absolute Gasteiger partial charge is 0.362 e. The second-order valence-corrected chi connectivity index (χ2v) is 9.04. The summed E-state index contributed by atoms with van der Waals surface area (Å²) in [7, 11) is 3.54. The zero-order valence-corrected chi connectivity index (χ0v) is 19.9. The van der Waals surface area contributed by atoms with E-state index < -0.39 is 5.60 Å². The van der Waals surface area contributed by atoms with Crippen LogP contribution in [0.2, 0.25) is 0 Å². The predicted molar refractivity (Wildman–Crippen MR) is 130 cm³/mol. The molecule has 5 rings (SSSR count). The van der Waals surface area contributed by atoms with Gasteiger partial charge in [0.15, 0.2) is 5.60 Å². The third kappa shape index (κ3) is 3.57. The lowest BCUT2D eigenvalue weighted by Crippen LogP contribution is -2.35. The standard InChI is InChI=1S/C26H23BrN4O2/c1-31-23-7-6-19(13-22(23)21(14-25(31)32)17-8-10-28-11-9-17)26(33-2,24-15-29-16-30-24)18-4-3-5-20(27)12-18/h3-13,15-16,21H,14H2,1-2H3,(H,29,30). The molecule has 33 heavy (non-hydrogen) atoms. The molecule has 3 heterocycles. The van der Waals surface area contributed by atoms with Crippen LogP contribution in [0, 0.1) is 0 Å². The molecule has 2 aromatic heterocycles. The van der Waals surface area contributed by atoms with Crippen LogP contribution in [0.3, 0.4) is 0 Å². The highest BCUT2D eigenvalue weighted by molar-refractivity contribution is 9.10. The van der Waals surface area contributed by atoms with E-state index >= 15 is 0 Å². The molecular weight excluding hydrogens is 480 g/mol. The number of carbonyl (C=O) groups is 1. The maximum Gasteiger partial charge on any atom is 0.227 e. The first-order chi connectivity index (χ1) is 16.0. The Balaban J connectivity index is 1.75. The van der Waals surface area contributed by atoms with Gasteiger partial charge in [0.2, 0.25) is 5.91 Å². The van der Waals surface area contributed by atoms with Crippen LogP contribution in [0.5, 0.6) is 0 Å². The molecule has 0 aliphatic carbocycles. The van der Waals surface area contributed by atoms with Gasteiger partial charge in [-0.25, -0.2) is 4.98 Å². The highest BCUT2D eigenvalue weighted by atomic mass is 79.9. The maximum absolute atomic E-state index is 12.8. The number of carbonyl (C=O) groups excluding carboxylic acids is 1. The van der Waals surface area contributed by atoms with E-state index in [9.17, 15) is 4.79 Å². The number of halogens is 1. The number of ether oxygens (including phenoxy) is 1. The van der Waals surface area contributed by atoms with Gasteiger partial charge < -0.3 is 14.6 Å². The van der Waals surface area contributed by atoms with Crippen molar-refractivity contribution >= 4 is 27.5 Å². The summed E-state index contributed by atoms with van der Waals surface area (Å²) in [5.41, 5.74) is 4.88. The Morgan fingerprint density at radius 1 is 1.09 bits per heavy atom. The van der Waals surface area contributed by atoms with E-state index in [1.807, 2.05) is 49.5 Å². The van der Waals surface area contributed by atoms with Crippen molar-refractivity contribution in [1.29, 1.82) is 0 Å². The van der Waals surface area contributed by atoms with Crippen LogP contribution in [0.4, 0.5) is 5.69 Å². The highest BCUT2D eigenvalue weighted by Gasteiger charge is 2.40. The minimum atomic E-state index is -0.905. The lowest BCUT2D eigenvalue weighted by atomic mass is 9.78. The molecule has 0 fully saturated rings. The summed E-state index contributed by atoms with van der Waals surface area (Å²) in [4.78, 5) is 26.2. The van der Waals surface area contributed by atoms with Crippen molar-refractivity contribution < 1.29 is 9.53 Å². The van der Waals surface area contributed by atoms with E-state index in [-0.39, 0.29) is 11.8 Å². The molecule has 4 aromatic rings. The van der Waals surface area contributed by atoms with Gasteiger partial charge in [-0.05, 0) is 58.7 Å². The fraction of sp³-hybridized carbons (Fsp3) is 0.192. The van der Waals surface area contributed by atoms with Crippen LogP contribution in [-0.2, 0) is 15.1 Å². The third-order valence-electron chi connectivity index (χ3n) is 6.45. The molecule has 6 nitrogen and oxygen atoms in total. The molecule has 0 spiro atoms. The van der Waals surface area contributed by atoms with E-state index in [2.05, 4.69) is 43.0 Å². The minimum Gasteiger partial charge on any atom is -0.362 e. The molecule has 7 heteroatoms. The summed E-state index contributed by atoms with van der Waals surface area (Å²) in [5.74, 6) is 0.0288. The second-order valence-electron chi connectivity index (χ2n) is 8.12. The third-order valence-corrected chi connectivity index (χ3v) is 6.94. The van der Waals surface area contributed by atoms with Crippen LogP contribution in [0.15, 0.2) is 84.0 Å². The van der Waals surface area contributed by atoms with Crippen LogP contribution < -0.4 is 4.90 Å². The number of benzene rings is 2. The van der Waals surface area contributed by atoms with Crippen LogP contribution in [0.1, 0.15) is 40.3 Å². The number of pyridine rings is 1. The summed E-state index contributed by atoms with van der Waals surface area (Å²) in [5, 5.41) is 0. The molecule has 1 aliphatic rings. The Morgan fingerprint density at radius 3 is 2.58 bits per heavy atom. The van der Waals surface area contributed by atoms with Gasteiger partial charge in [0.25, 0.3) is 0 Å². The molecule has 0 bridgehead atoms. The van der Waals surface area contributed by atoms with Gasteiger partial charge in [0.05, 0.1) is 18.2 Å². The number of anilines is 1. The molecule has 0 radical (unpaired) electrons. The summed E-state index contributed by atoms with van der Waals surface area (Å²) < 4.78 is 7.26. The van der Waals surface area contributed by atoms with Crippen molar-refractivity contribution in [2.75, 3.05) is 19.1 Å². The quantitative estimate of drug-likeness (QED) is 0.416. The zero-order valence-electron chi connectivity index (χ0n) is 18.3. The Kier molecular flexibility index (Phi) is 5.60. The summed E-state index contributed by atoms with van der Waals surface area (Å²) in [6, 6.07) is 18.2. The number of hydrogen-bond acceptors (Lipinski definition) is 4. The molecule has 0 saturated heterocycles. The van der Waals surface area contributed by atoms with Crippen LogP contribution in [0.25, 0.3) is 0 Å². The lowest BCUT2D eigenvalue weighted by Gasteiger charge is -2.36. The fourth-order valence-electron chi connectivity index (χ4n) is 4.79. The number of hydrogen-bond donors (Lipinski definition) is 1. The van der Waals surface area contributed by atoms with Crippen molar-refractivity contribution in [2.24, 2.45) is 0 Å². The molecule has 1 amide bonds. The first-order valence-electron chi connectivity index (χ1n) is 10.7. The van der Waals surface area contributed by atoms with Gasteiger partial charge in [0, 0.05) is 49.0 Å². The molecule has 1 aliphatic heterocycles. The Labute approximate surface area is 200 Å². The Bertz CT molecular complexity index is 1290. The predicted octanol–water partition coefficient (Wildman–Crippen LogP) is 5.00. The summed E-state index contributed by atoms with van der Waals surface area (Å²) in [6.07, 6.45) is 7.39. The fourth-order valence-corrected chi connectivity index (χ4v) is 5.19. The van der Waals surface area contributed by atoms with Gasteiger partial charge >= 0.3 is 0 Å². The van der Waals surface area contributed by atoms with Gasteiger partial charge in [-0.1, -0.05) is 34.1 Å². The first-order valence-corrected chi connectivity index (χ1v) is 11.4. The smallest absolute Gasteiger partial charge is 0.227 e. The minimum absolute atomic E-state index is 0.0644. The van der Waals surface area contributed by atoms with Crippen molar-refractivity contribution in [3.05, 3.63) is 112 Å². The number of aromatic nitrogens is 3. The summed E-state index contributed by atoms with van der Waals surface area (Å²) >= 11 is 3.60. The van der Waals surface area contributed by atoms with E-state index in [4.69, 9.17) is 4.74 Å². The number of nitrogens with zero attached hydrogens (tertiary/aromatic N) is 3. The van der Waals surface area contributed by atoms with E-state index in [1.165, 1.54) is 0 Å². The Morgan fingerprint density at radius 2 is 1.88 bits per heavy atom. The zero-order chi connectivity index (χ0) is 23.0. The van der Waals surface area contributed by atoms with Crippen molar-refractivity contribution in [3.8, 4) is 0 Å². The van der Waals surface area contributed by atoms with E-state index in [0.29, 0.717) is 6.42 Å². The lowest BCUT2D eigenvalue weighted by molar-refractivity contribution is -0.118. The molecule has 2 aromatic carbocycles. The van der Waals surface area contributed by atoms with Gasteiger partial charge in [0.1, 0.15) is 0 Å². The number of nitrogens with one attached hydrogen (secondary N) is 1. The number of aromatic amines is 1. The number of rotatable bonds is 5. The normalized spacial score (nSPS) is 17.5. The van der Waals surface area contributed by atoms with E-state index in [1.54, 1.807) is 36.9 Å². The van der Waals surface area contributed by atoms with Crippen molar-refractivity contribution in [3.63, 3.8) is 0 Å². The van der Waals surface area contributed by atoms with Crippen molar-refractivity contribution in [1.82, 2.24) is 15.0 Å². The maximum atomic E-state index is 12.8. The van der Waals surface area contributed by atoms with E-state index in [0.717, 1.165) is 38.1 Å². The van der Waals surface area contributed by atoms with Crippen LogP contribution in [-0.4, -0.2) is 35.0 Å². The average molecular weight is 503 g/mol. The topological polar surface area (TPSA) is 71.1 Å². The number of imidazole rings is 1. The number of amides is 1. The monoisotopic (exact) mass is 502 g/mol. The number of H-pyrrole nitrogens is 1. The van der Waals surface area contributed by atoms with Crippen molar-refractivity contribution in [2.45, 2.75) is 17.9 Å². The average Bonchev–Trinajstić information content (AvgIpc) is 3.38. The first kappa shape index (κ1) is 21.6.